The Balaban J connectivity index is 1.87. The van der Waals surface area contributed by atoms with Crippen LogP contribution in [-0.2, 0) is 6.42 Å². The van der Waals surface area contributed by atoms with Crippen molar-refractivity contribution in [3.8, 4) is 0 Å². The van der Waals surface area contributed by atoms with E-state index in [4.69, 9.17) is 4.98 Å². The van der Waals surface area contributed by atoms with Crippen LogP contribution < -0.4 is 10.6 Å². The summed E-state index contributed by atoms with van der Waals surface area (Å²) >= 11 is 0. The number of hydrogen-bond acceptors (Lipinski definition) is 4. The maximum atomic E-state index is 4.72. The van der Waals surface area contributed by atoms with Gasteiger partial charge in [-0.05, 0) is 52.1 Å². The lowest BCUT2D eigenvalue weighted by molar-refractivity contribution is 0.392. The van der Waals surface area contributed by atoms with E-state index in [1.807, 2.05) is 11.4 Å². The largest absolute Gasteiger partial charge is 0.370 e. The highest BCUT2D eigenvalue weighted by Gasteiger charge is 2.15. The molecule has 2 aromatic rings. The number of aryl methyl sites for hydroxylation is 3. The van der Waals surface area contributed by atoms with Crippen LogP contribution in [-0.4, -0.2) is 34.2 Å². The van der Waals surface area contributed by atoms with E-state index in [0.29, 0.717) is 5.92 Å². The zero-order chi connectivity index (χ0) is 14.8. The summed E-state index contributed by atoms with van der Waals surface area (Å²) in [6, 6.07) is 2.13. The van der Waals surface area contributed by atoms with Gasteiger partial charge in [0.2, 0.25) is 0 Å². The van der Waals surface area contributed by atoms with Crippen LogP contribution in [0.15, 0.2) is 6.07 Å². The van der Waals surface area contributed by atoms with E-state index < -0.39 is 0 Å². The third-order valence-corrected chi connectivity index (χ3v) is 4.44. The van der Waals surface area contributed by atoms with Gasteiger partial charge in [0.1, 0.15) is 5.82 Å². The first kappa shape index (κ1) is 14.3. The van der Waals surface area contributed by atoms with Crippen molar-refractivity contribution in [2.75, 3.05) is 25.0 Å². The predicted molar refractivity (Wildman–Crippen MR) is 85.9 cm³/mol. The summed E-state index contributed by atoms with van der Waals surface area (Å²) in [6.07, 6.45) is 3.52. The first-order chi connectivity index (χ1) is 10.2. The van der Waals surface area contributed by atoms with Gasteiger partial charge >= 0.3 is 0 Å². The first-order valence-electron chi connectivity index (χ1n) is 7.99. The van der Waals surface area contributed by atoms with E-state index in [1.165, 1.54) is 18.4 Å². The van der Waals surface area contributed by atoms with Gasteiger partial charge in [-0.15, -0.1) is 0 Å². The minimum Gasteiger partial charge on any atom is -0.370 e. The van der Waals surface area contributed by atoms with Crippen molar-refractivity contribution in [2.45, 2.75) is 40.0 Å². The Morgan fingerprint density at radius 1 is 1.43 bits per heavy atom. The Bertz CT molecular complexity index is 625. The lowest BCUT2D eigenvalue weighted by Crippen LogP contribution is -2.33. The average Bonchev–Trinajstić information content (AvgIpc) is 2.81. The molecule has 1 fully saturated rings. The summed E-state index contributed by atoms with van der Waals surface area (Å²) in [5.74, 6) is 1.77. The molecule has 1 aliphatic heterocycles. The number of anilines is 1. The molecule has 0 spiro atoms. The lowest BCUT2D eigenvalue weighted by atomic mass is 10.00. The number of nitrogens with one attached hydrogen (secondary N) is 2. The van der Waals surface area contributed by atoms with Gasteiger partial charge in [-0.1, -0.05) is 6.92 Å². The van der Waals surface area contributed by atoms with Crippen molar-refractivity contribution in [1.29, 1.82) is 0 Å². The Hall–Kier alpha value is -1.62. The maximum Gasteiger partial charge on any atom is 0.160 e. The van der Waals surface area contributed by atoms with E-state index >= 15 is 0 Å². The fraction of sp³-hybridized carbons (Fsp3) is 0.625. The zero-order valence-corrected chi connectivity index (χ0v) is 13.2. The van der Waals surface area contributed by atoms with Crippen LogP contribution in [0.3, 0.4) is 0 Å². The molecule has 114 valence electrons. The Kier molecular flexibility index (Phi) is 4.10. The Labute approximate surface area is 126 Å². The highest BCUT2D eigenvalue weighted by Crippen LogP contribution is 2.19. The summed E-state index contributed by atoms with van der Waals surface area (Å²) in [7, 11) is 0. The minimum atomic E-state index is 0.699. The second-order valence-corrected chi connectivity index (χ2v) is 6.03. The number of nitrogens with zero attached hydrogens (tertiary/aromatic N) is 3. The van der Waals surface area contributed by atoms with Gasteiger partial charge in [-0.25, -0.2) is 4.98 Å². The number of fused-ring (bicyclic) bond motifs is 1. The summed E-state index contributed by atoms with van der Waals surface area (Å²) in [5, 5.41) is 11.7. The molecular formula is C16H25N5. The van der Waals surface area contributed by atoms with Crippen LogP contribution in [0.5, 0.6) is 0 Å². The quantitative estimate of drug-likeness (QED) is 0.906. The van der Waals surface area contributed by atoms with Crippen LogP contribution >= 0.6 is 0 Å². The van der Waals surface area contributed by atoms with Crippen LogP contribution in [0, 0.1) is 19.8 Å². The van der Waals surface area contributed by atoms with Gasteiger partial charge in [-0.2, -0.15) is 9.61 Å². The fourth-order valence-corrected chi connectivity index (χ4v) is 2.93. The molecule has 5 nitrogen and oxygen atoms in total. The van der Waals surface area contributed by atoms with E-state index in [9.17, 15) is 0 Å². The van der Waals surface area contributed by atoms with Gasteiger partial charge in [0.05, 0.1) is 5.69 Å². The number of hydrogen-bond donors (Lipinski definition) is 2. The molecule has 0 radical (unpaired) electrons. The molecule has 3 heterocycles. The number of rotatable bonds is 4. The summed E-state index contributed by atoms with van der Waals surface area (Å²) < 4.78 is 1.96. The molecule has 2 aromatic heterocycles. The van der Waals surface area contributed by atoms with Crippen molar-refractivity contribution in [2.24, 2.45) is 5.92 Å². The van der Waals surface area contributed by atoms with Gasteiger partial charge in [0.25, 0.3) is 0 Å². The van der Waals surface area contributed by atoms with Crippen molar-refractivity contribution in [3.63, 3.8) is 0 Å². The molecule has 1 aliphatic rings. The molecule has 0 bridgehead atoms. The molecule has 0 aromatic carbocycles. The SMILES string of the molecule is CCc1cc(NCC2CCCNC2)n2nc(C)c(C)c2n1. The summed E-state index contributed by atoms with van der Waals surface area (Å²) in [5.41, 5.74) is 4.33. The number of aromatic nitrogens is 3. The Morgan fingerprint density at radius 2 is 2.29 bits per heavy atom. The third-order valence-electron chi connectivity index (χ3n) is 4.44. The van der Waals surface area contributed by atoms with Gasteiger partial charge in [0.15, 0.2) is 5.65 Å². The molecule has 0 saturated carbocycles. The van der Waals surface area contributed by atoms with Crippen LogP contribution in [0.1, 0.15) is 36.7 Å². The normalized spacial score (nSPS) is 19.1. The molecule has 21 heavy (non-hydrogen) atoms. The van der Waals surface area contributed by atoms with Crippen molar-refractivity contribution < 1.29 is 0 Å². The van der Waals surface area contributed by atoms with Gasteiger partial charge < -0.3 is 10.6 Å². The highest BCUT2D eigenvalue weighted by molar-refractivity contribution is 5.56. The summed E-state index contributed by atoms with van der Waals surface area (Å²) in [4.78, 5) is 4.72. The minimum absolute atomic E-state index is 0.699. The molecule has 1 atom stereocenters. The zero-order valence-electron chi connectivity index (χ0n) is 13.2. The smallest absolute Gasteiger partial charge is 0.160 e. The second-order valence-electron chi connectivity index (χ2n) is 6.03. The molecule has 1 saturated heterocycles. The molecule has 3 rings (SSSR count). The average molecular weight is 287 g/mol. The summed E-state index contributed by atoms with van der Waals surface area (Å²) in [6.45, 7) is 9.55. The standard InChI is InChI=1S/C16H25N5/c1-4-14-8-15(18-10-13-6-5-7-17-9-13)21-16(19-14)11(2)12(3)20-21/h8,13,17-18H,4-7,9-10H2,1-3H3. The van der Waals surface area contributed by atoms with E-state index in [-0.39, 0.29) is 0 Å². The molecule has 0 amide bonds. The van der Waals surface area contributed by atoms with E-state index in [1.54, 1.807) is 0 Å². The van der Waals surface area contributed by atoms with Gasteiger partial charge in [0, 0.05) is 23.9 Å². The van der Waals surface area contributed by atoms with Gasteiger partial charge in [-0.3, -0.25) is 0 Å². The maximum absolute atomic E-state index is 4.72. The van der Waals surface area contributed by atoms with Crippen LogP contribution in [0.4, 0.5) is 5.82 Å². The first-order valence-corrected chi connectivity index (χ1v) is 7.99. The van der Waals surface area contributed by atoms with E-state index in [2.05, 4.69) is 35.6 Å². The third kappa shape index (κ3) is 2.88. The van der Waals surface area contributed by atoms with E-state index in [0.717, 1.165) is 48.9 Å². The van der Waals surface area contributed by atoms with Crippen molar-refractivity contribution in [3.05, 3.63) is 23.0 Å². The lowest BCUT2D eigenvalue weighted by Gasteiger charge is -2.23. The Morgan fingerprint density at radius 3 is 3.00 bits per heavy atom. The molecule has 1 unspecified atom stereocenters. The topological polar surface area (TPSA) is 54.2 Å². The van der Waals surface area contributed by atoms with Crippen LogP contribution in [0.25, 0.3) is 5.65 Å². The van der Waals surface area contributed by atoms with Crippen molar-refractivity contribution >= 4 is 11.5 Å². The highest BCUT2D eigenvalue weighted by atomic mass is 15.3. The fourth-order valence-electron chi connectivity index (χ4n) is 2.93. The second kappa shape index (κ2) is 6.02. The predicted octanol–water partition coefficient (Wildman–Crippen LogP) is 2.32. The molecule has 0 aliphatic carbocycles. The number of piperidine rings is 1. The molecule has 2 N–H and O–H groups in total. The van der Waals surface area contributed by atoms with Crippen LogP contribution in [0.2, 0.25) is 0 Å². The monoisotopic (exact) mass is 287 g/mol. The molecular weight excluding hydrogens is 262 g/mol. The van der Waals surface area contributed by atoms with Crippen molar-refractivity contribution in [1.82, 2.24) is 19.9 Å². The molecule has 5 heteroatoms.